The quantitative estimate of drug-likeness (QED) is 0.598. The minimum atomic E-state index is -0.586. The van der Waals surface area contributed by atoms with Gasteiger partial charge in [0.25, 0.3) is 0 Å². The van der Waals surface area contributed by atoms with Crippen LogP contribution in [0, 0.1) is 24.1 Å². The molecule has 2 rings (SSSR count). The highest BCUT2D eigenvalue weighted by Gasteiger charge is 2.21. The van der Waals surface area contributed by atoms with E-state index in [0.29, 0.717) is 5.56 Å². The highest BCUT2D eigenvalue weighted by Crippen LogP contribution is 2.33. The number of carbonyl (C=O) groups is 2. The molecule has 0 aliphatic heterocycles. The van der Waals surface area contributed by atoms with Crippen molar-refractivity contribution in [3.05, 3.63) is 56.7 Å². The highest BCUT2D eigenvalue weighted by molar-refractivity contribution is 7.18. The molecular formula is C18H14ClFN2O3S. The molecule has 1 aromatic heterocycles. The van der Waals surface area contributed by atoms with Crippen LogP contribution in [0.2, 0.25) is 5.02 Å². The molecule has 0 saturated heterocycles. The first-order chi connectivity index (χ1) is 12.4. The number of nitriles is 1. The van der Waals surface area contributed by atoms with E-state index in [9.17, 15) is 19.2 Å². The number of amides is 1. The molecule has 0 bridgehead atoms. The van der Waals surface area contributed by atoms with E-state index >= 15 is 0 Å². The summed E-state index contributed by atoms with van der Waals surface area (Å²) >= 11 is 6.85. The number of benzene rings is 1. The number of nitrogens with zero attached hydrogens (tertiary/aromatic N) is 1. The number of anilines is 1. The van der Waals surface area contributed by atoms with Gasteiger partial charge in [0.05, 0.1) is 17.2 Å². The molecular weight excluding hydrogens is 379 g/mol. The van der Waals surface area contributed by atoms with Gasteiger partial charge in [-0.15, -0.1) is 11.3 Å². The molecule has 0 unspecified atom stereocenters. The molecule has 0 spiro atoms. The lowest BCUT2D eigenvalue weighted by atomic mass is 10.1. The number of hydrogen-bond donors (Lipinski definition) is 1. The maximum Gasteiger partial charge on any atom is 0.348 e. The molecule has 5 nitrogen and oxygen atoms in total. The van der Waals surface area contributed by atoms with E-state index < -0.39 is 17.7 Å². The summed E-state index contributed by atoms with van der Waals surface area (Å²) in [4.78, 5) is 24.3. The number of carbonyl (C=O) groups excluding carboxylic acids is 2. The molecule has 0 saturated carbocycles. The Bertz CT molecular complexity index is 911. The van der Waals surface area contributed by atoms with Gasteiger partial charge in [0, 0.05) is 11.6 Å². The van der Waals surface area contributed by atoms with Gasteiger partial charge in [0.2, 0.25) is 5.91 Å². The molecule has 8 heteroatoms. The minimum absolute atomic E-state index is 0.0828. The summed E-state index contributed by atoms with van der Waals surface area (Å²) in [5, 5.41) is 12.2. The Balaban J connectivity index is 2.24. The van der Waals surface area contributed by atoms with Crippen molar-refractivity contribution in [1.82, 2.24) is 0 Å². The van der Waals surface area contributed by atoms with Crippen LogP contribution >= 0.6 is 22.9 Å². The van der Waals surface area contributed by atoms with Gasteiger partial charge < -0.3 is 10.1 Å². The maximum absolute atomic E-state index is 13.7. The van der Waals surface area contributed by atoms with Crippen molar-refractivity contribution in [2.24, 2.45) is 0 Å². The van der Waals surface area contributed by atoms with Crippen LogP contribution in [0.25, 0.3) is 6.08 Å². The predicted molar refractivity (Wildman–Crippen MR) is 98.8 cm³/mol. The fourth-order valence-electron chi connectivity index (χ4n) is 2.11. The smallest absolute Gasteiger partial charge is 0.348 e. The third-order valence-corrected chi connectivity index (χ3v) is 4.87. The van der Waals surface area contributed by atoms with E-state index in [0.717, 1.165) is 17.4 Å². The lowest BCUT2D eigenvalue weighted by molar-refractivity contribution is -0.111. The molecule has 2 aromatic rings. The van der Waals surface area contributed by atoms with Crippen LogP contribution in [0.3, 0.4) is 0 Å². The lowest BCUT2D eigenvalue weighted by Crippen LogP contribution is -2.07. The topological polar surface area (TPSA) is 79.2 Å². The van der Waals surface area contributed by atoms with Crippen molar-refractivity contribution in [2.45, 2.75) is 13.8 Å². The van der Waals surface area contributed by atoms with Crippen LogP contribution < -0.4 is 5.32 Å². The largest absolute Gasteiger partial charge is 0.462 e. The van der Waals surface area contributed by atoms with E-state index in [1.165, 1.54) is 24.3 Å². The third kappa shape index (κ3) is 4.28. The van der Waals surface area contributed by atoms with E-state index in [-0.39, 0.29) is 32.6 Å². The SMILES string of the molecule is CCOC(=O)c1sc(NC(=O)/C=C/c2c(F)cccc2Cl)c(C#N)c1C. The van der Waals surface area contributed by atoms with Crippen molar-refractivity contribution >= 4 is 45.9 Å². The molecule has 0 fully saturated rings. The van der Waals surface area contributed by atoms with Gasteiger partial charge in [-0.2, -0.15) is 5.26 Å². The summed E-state index contributed by atoms with van der Waals surface area (Å²) in [6.45, 7) is 3.48. The monoisotopic (exact) mass is 392 g/mol. The van der Waals surface area contributed by atoms with Gasteiger partial charge >= 0.3 is 5.97 Å². The van der Waals surface area contributed by atoms with Crippen molar-refractivity contribution < 1.29 is 18.7 Å². The summed E-state index contributed by atoms with van der Waals surface area (Å²) in [6, 6.07) is 6.15. The van der Waals surface area contributed by atoms with Gasteiger partial charge in [-0.3, -0.25) is 4.79 Å². The second kappa shape index (κ2) is 8.61. The fraction of sp³-hybridized carbons (Fsp3) is 0.167. The standard InChI is InChI=1S/C18H14ClFN2O3S/c1-3-25-18(24)16-10(2)12(9-21)17(26-16)22-15(23)8-7-11-13(19)5-4-6-14(11)20/h4-8H,3H2,1-2H3,(H,22,23)/b8-7+. The van der Waals surface area contributed by atoms with Crippen LogP contribution in [-0.2, 0) is 9.53 Å². The summed E-state index contributed by atoms with van der Waals surface area (Å²) < 4.78 is 18.6. The number of esters is 1. The van der Waals surface area contributed by atoms with Gasteiger partial charge in [-0.05, 0) is 37.6 Å². The average molecular weight is 393 g/mol. The van der Waals surface area contributed by atoms with Crippen molar-refractivity contribution in [1.29, 1.82) is 5.26 Å². The van der Waals surface area contributed by atoms with Crippen LogP contribution in [0.15, 0.2) is 24.3 Å². The summed E-state index contributed by atoms with van der Waals surface area (Å²) in [5.41, 5.74) is 0.704. The Morgan fingerprint density at radius 3 is 2.81 bits per heavy atom. The number of ether oxygens (including phenoxy) is 1. The molecule has 0 aliphatic carbocycles. The van der Waals surface area contributed by atoms with Gasteiger partial charge in [-0.1, -0.05) is 17.7 Å². The normalized spacial score (nSPS) is 10.6. The van der Waals surface area contributed by atoms with Crippen LogP contribution in [0.5, 0.6) is 0 Å². The fourth-order valence-corrected chi connectivity index (χ4v) is 3.39. The number of thiophene rings is 1. The number of hydrogen-bond acceptors (Lipinski definition) is 5. The first kappa shape index (κ1) is 19.6. The first-order valence-electron chi connectivity index (χ1n) is 7.52. The molecule has 0 atom stereocenters. The van der Waals surface area contributed by atoms with E-state index in [2.05, 4.69) is 5.32 Å². The van der Waals surface area contributed by atoms with Gasteiger partial charge in [-0.25, -0.2) is 9.18 Å². The molecule has 1 aromatic carbocycles. The average Bonchev–Trinajstić information content (AvgIpc) is 2.90. The summed E-state index contributed by atoms with van der Waals surface area (Å²) in [6.07, 6.45) is 2.34. The van der Waals surface area contributed by atoms with Crippen LogP contribution in [0.4, 0.5) is 9.39 Å². The van der Waals surface area contributed by atoms with Gasteiger partial charge in [0.1, 0.15) is 21.8 Å². The van der Waals surface area contributed by atoms with Crippen LogP contribution in [-0.4, -0.2) is 18.5 Å². The highest BCUT2D eigenvalue weighted by atomic mass is 35.5. The van der Waals surface area contributed by atoms with Gasteiger partial charge in [0.15, 0.2) is 0 Å². The number of rotatable bonds is 5. The Morgan fingerprint density at radius 1 is 1.46 bits per heavy atom. The molecule has 1 heterocycles. The molecule has 134 valence electrons. The molecule has 1 N–H and O–H groups in total. The molecule has 0 aliphatic rings. The zero-order valence-electron chi connectivity index (χ0n) is 13.9. The minimum Gasteiger partial charge on any atom is -0.462 e. The number of nitrogens with one attached hydrogen (secondary N) is 1. The molecule has 0 radical (unpaired) electrons. The van der Waals surface area contributed by atoms with E-state index in [1.54, 1.807) is 13.8 Å². The van der Waals surface area contributed by atoms with Crippen LogP contribution in [0.1, 0.15) is 33.3 Å². The van der Waals surface area contributed by atoms with Crippen molar-refractivity contribution in [3.63, 3.8) is 0 Å². The Morgan fingerprint density at radius 2 is 2.19 bits per heavy atom. The van der Waals surface area contributed by atoms with Crippen molar-refractivity contribution in [3.8, 4) is 6.07 Å². The first-order valence-corrected chi connectivity index (χ1v) is 8.72. The zero-order chi connectivity index (χ0) is 19.3. The second-order valence-corrected chi connectivity index (χ2v) is 6.48. The molecule has 26 heavy (non-hydrogen) atoms. The molecule has 1 amide bonds. The predicted octanol–water partition coefficient (Wildman–Crippen LogP) is 4.55. The van der Waals surface area contributed by atoms with Crippen molar-refractivity contribution in [2.75, 3.05) is 11.9 Å². The Kier molecular flexibility index (Phi) is 6.50. The maximum atomic E-state index is 13.7. The Hall–Kier alpha value is -2.69. The zero-order valence-corrected chi connectivity index (χ0v) is 15.5. The second-order valence-electron chi connectivity index (χ2n) is 5.05. The summed E-state index contributed by atoms with van der Waals surface area (Å²) in [5.74, 6) is -1.70. The van der Waals surface area contributed by atoms with E-state index in [4.69, 9.17) is 16.3 Å². The van der Waals surface area contributed by atoms with E-state index in [1.807, 2.05) is 6.07 Å². The Labute approximate surface area is 158 Å². The number of halogens is 2. The third-order valence-electron chi connectivity index (χ3n) is 3.36. The summed E-state index contributed by atoms with van der Waals surface area (Å²) in [7, 11) is 0. The lowest BCUT2D eigenvalue weighted by Gasteiger charge is -2.01.